The Morgan fingerprint density at radius 2 is 2.27 bits per heavy atom. The summed E-state index contributed by atoms with van der Waals surface area (Å²) in [5.74, 6) is 0.629. The summed E-state index contributed by atoms with van der Waals surface area (Å²) in [6, 6.07) is 0. The van der Waals surface area contributed by atoms with Crippen LogP contribution in [0, 0.1) is 5.92 Å². The fourth-order valence-corrected chi connectivity index (χ4v) is 2.69. The summed E-state index contributed by atoms with van der Waals surface area (Å²) in [6.07, 6.45) is 0.990. The molecule has 11 heavy (non-hydrogen) atoms. The minimum atomic E-state index is 0.618. The first kappa shape index (κ1) is 9.49. The van der Waals surface area contributed by atoms with E-state index in [9.17, 15) is 0 Å². The molecule has 1 aromatic heterocycles. The Kier molecular flexibility index (Phi) is 3.34. The lowest BCUT2D eigenvalue weighted by molar-refractivity contribution is 0.636. The van der Waals surface area contributed by atoms with E-state index in [2.05, 4.69) is 34.8 Å². The lowest BCUT2D eigenvalue weighted by atomic mass is 10.1. The number of hydrogen-bond donors (Lipinski definition) is 0. The van der Waals surface area contributed by atoms with E-state index in [0.717, 1.165) is 15.9 Å². The second-order valence-electron chi connectivity index (χ2n) is 2.79. The van der Waals surface area contributed by atoms with Crippen LogP contribution in [0.15, 0.2) is 3.79 Å². The van der Waals surface area contributed by atoms with Crippen LogP contribution in [-0.4, -0.2) is 4.98 Å². The number of hydrogen-bond acceptors (Lipinski definition) is 2. The minimum Gasteiger partial charge on any atom is -0.229 e. The van der Waals surface area contributed by atoms with E-state index in [4.69, 9.17) is 11.6 Å². The summed E-state index contributed by atoms with van der Waals surface area (Å²) in [4.78, 5) is 4.19. The summed E-state index contributed by atoms with van der Waals surface area (Å²) < 4.78 is 1.68. The van der Waals surface area contributed by atoms with E-state index in [1.807, 2.05) is 0 Å². The second-order valence-corrected chi connectivity index (χ2v) is 5.68. The zero-order chi connectivity index (χ0) is 8.43. The molecule has 0 saturated carbocycles. The van der Waals surface area contributed by atoms with Crippen LogP contribution < -0.4 is 0 Å². The van der Waals surface area contributed by atoms with E-state index in [1.54, 1.807) is 0 Å². The van der Waals surface area contributed by atoms with Gasteiger partial charge in [-0.05, 0) is 28.3 Å². The normalized spacial score (nSPS) is 11.0. The van der Waals surface area contributed by atoms with Gasteiger partial charge in [-0.2, -0.15) is 0 Å². The molecule has 0 unspecified atom stereocenters. The van der Waals surface area contributed by atoms with Crippen LogP contribution in [0.4, 0.5) is 0 Å². The highest BCUT2D eigenvalue weighted by atomic mass is 79.9. The maximum atomic E-state index is 5.73. The predicted octanol–water partition coefficient (Wildman–Crippen LogP) is 3.76. The van der Waals surface area contributed by atoms with Crippen molar-refractivity contribution in [1.29, 1.82) is 0 Å². The zero-order valence-electron chi connectivity index (χ0n) is 6.40. The molecule has 0 amide bonds. The van der Waals surface area contributed by atoms with Gasteiger partial charge in [-0.15, -0.1) is 0 Å². The van der Waals surface area contributed by atoms with E-state index in [1.165, 1.54) is 11.3 Å². The number of halogens is 2. The van der Waals surface area contributed by atoms with Gasteiger partial charge < -0.3 is 0 Å². The highest BCUT2D eigenvalue weighted by Crippen LogP contribution is 2.29. The van der Waals surface area contributed by atoms with Crippen LogP contribution in [0.1, 0.15) is 19.5 Å². The van der Waals surface area contributed by atoms with Gasteiger partial charge in [0, 0.05) is 0 Å². The molecule has 0 N–H and O–H groups in total. The molecule has 1 rings (SSSR count). The van der Waals surface area contributed by atoms with Crippen LogP contribution in [0.5, 0.6) is 0 Å². The zero-order valence-corrected chi connectivity index (χ0v) is 9.55. The molecule has 62 valence electrons. The molecule has 1 heterocycles. The molecule has 0 radical (unpaired) electrons. The van der Waals surface area contributed by atoms with Gasteiger partial charge >= 0.3 is 0 Å². The number of rotatable bonds is 2. The molecule has 0 aromatic carbocycles. The molecule has 0 saturated heterocycles. The summed E-state index contributed by atoms with van der Waals surface area (Å²) in [7, 11) is 0. The Balaban J connectivity index is 2.77. The molecule has 0 aliphatic carbocycles. The first-order valence-corrected chi connectivity index (χ1v) is 5.39. The van der Waals surface area contributed by atoms with Crippen molar-refractivity contribution in [3.63, 3.8) is 0 Å². The molecule has 0 aliphatic heterocycles. The van der Waals surface area contributed by atoms with Crippen molar-refractivity contribution in [2.24, 2.45) is 5.92 Å². The quantitative estimate of drug-likeness (QED) is 0.783. The largest absolute Gasteiger partial charge is 0.229 e. The van der Waals surface area contributed by atoms with E-state index >= 15 is 0 Å². The topological polar surface area (TPSA) is 12.9 Å². The summed E-state index contributed by atoms with van der Waals surface area (Å²) >= 11 is 10.6. The van der Waals surface area contributed by atoms with Gasteiger partial charge in [-0.1, -0.05) is 36.8 Å². The van der Waals surface area contributed by atoms with Crippen molar-refractivity contribution in [3.05, 3.63) is 13.9 Å². The average molecular weight is 255 g/mol. The number of aromatic nitrogens is 1. The van der Waals surface area contributed by atoms with Gasteiger partial charge in [0.25, 0.3) is 0 Å². The summed E-state index contributed by atoms with van der Waals surface area (Å²) in [5, 5.41) is 0. The molecular formula is C7H9BrClNS. The standard InChI is InChI=1S/C7H9BrClNS/c1-4(2)3-5-6(8)11-7(9)10-5/h4H,3H2,1-2H3. The van der Waals surface area contributed by atoms with Gasteiger partial charge in [0.2, 0.25) is 0 Å². The van der Waals surface area contributed by atoms with E-state index in [0.29, 0.717) is 10.4 Å². The maximum absolute atomic E-state index is 5.73. The van der Waals surface area contributed by atoms with Gasteiger partial charge in [0.15, 0.2) is 4.47 Å². The predicted molar refractivity (Wildman–Crippen MR) is 53.4 cm³/mol. The lowest BCUT2D eigenvalue weighted by Crippen LogP contribution is -1.94. The molecule has 0 atom stereocenters. The third kappa shape index (κ3) is 2.73. The van der Waals surface area contributed by atoms with Crippen molar-refractivity contribution in [1.82, 2.24) is 4.98 Å². The van der Waals surface area contributed by atoms with Crippen LogP contribution in [0.2, 0.25) is 4.47 Å². The molecule has 0 fully saturated rings. The fraction of sp³-hybridized carbons (Fsp3) is 0.571. The van der Waals surface area contributed by atoms with Crippen molar-refractivity contribution < 1.29 is 0 Å². The van der Waals surface area contributed by atoms with Crippen molar-refractivity contribution in [3.8, 4) is 0 Å². The first-order chi connectivity index (χ1) is 5.09. The number of nitrogens with zero attached hydrogens (tertiary/aromatic N) is 1. The van der Waals surface area contributed by atoms with Gasteiger partial charge in [-0.25, -0.2) is 4.98 Å². The molecule has 4 heteroatoms. The lowest BCUT2D eigenvalue weighted by Gasteiger charge is -1.99. The van der Waals surface area contributed by atoms with E-state index < -0.39 is 0 Å². The molecule has 0 bridgehead atoms. The molecule has 1 aromatic rings. The highest BCUT2D eigenvalue weighted by Gasteiger charge is 2.08. The van der Waals surface area contributed by atoms with Crippen molar-refractivity contribution in [2.45, 2.75) is 20.3 Å². The molecule has 1 nitrogen and oxygen atoms in total. The Labute approximate surface area is 83.9 Å². The Morgan fingerprint density at radius 3 is 2.64 bits per heavy atom. The Bertz CT molecular complexity index is 247. The summed E-state index contributed by atoms with van der Waals surface area (Å²) in [6.45, 7) is 4.33. The smallest absolute Gasteiger partial charge is 0.184 e. The number of thiazole rings is 1. The average Bonchev–Trinajstić information content (AvgIpc) is 2.09. The third-order valence-electron chi connectivity index (χ3n) is 1.23. The Morgan fingerprint density at radius 1 is 1.64 bits per heavy atom. The van der Waals surface area contributed by atoms with Crippen molar-refractivity contribution >= 4 is 38.9 Å². The first-order valence-electron chi connectivity index (χ1n) is 3.40. The third-order valence-corrected chi connectivity index (χ3v) is 3.16. The monoisotopic (exact) mass is 253 g/mol. The van der Waals surface area contributed by atoms with Crippen LogP contribution in [-0.2, 0) is 6.42 Å². The maximum Gasteiger partial charge on any atom is 0.184 e. The van der Waals surface area contributed by atoms with Crippen LogP contribution >= 0.6 is 38.9 Å². The molecular weight excluding hydrogens is 246 g/mol. The fourth-order valence-electron chi connectivity index (χ4n) is 0.818. The molecule has 0 aliphatic rings. The van der Waals surface area contributed by atoms with Crippen LogP contribution in [0.25, 0.3) is 0 Å². The SMILES string of the molecule is CC(C)Cc1nc(Cl)sc1Br. The minimum absolute atomic E-state index is 0.618. The highest BCUT2D eigenvalue weighted by molar-refractivity contribution is 9.11. The van der Waals surface area contributed by atoms with Crippen LogP contribution in [0.3, 0.4) is 0 Å². The molecule has 0 spiro atoms. The van der Waals surface area contributed by atoms with Gasteiger partial charge in [0.1, 0.15) is 0 Å². The van der Waals surface area contributed by atoms with Gasteiger partial charge in [-0.3, -0.25) is 0 Å². The van der Waals surface area contributed by atoms with Crippen molar-refractivity contribution in [2.75, 3.05) is 0 Å². The van der Waals surface area contributed by atoms with E-state index in [-0.39, 0.29) is 0 Å². The van der Waals surface area contributed by atoms with Gasteiger partial charge in [0.05, 0.1) is 9.48 Å². The summed E-state index contributed by atoms with van der Waals surface area (Å²) in [5.41, 5.74) is 1.08. The second kappa shape index (κ2) is 3.87. The Hall–Kier alpha value is 0.400.